The summed E-state index contributed by atoms with van der Waals surface area (Å²) in [5.74, 6) is 0. The van der Waals surface area contributed by atoms with E-state index >= 15 is 0 Å². The fourth-order valence-electron chi connectivity index (χ4n) is 6.68. The van der Waals surface area contributed by atoms with Gasteiger partial charge in [-0.05, 0) is 112 Å². The van der Waals surface area contributed by atoms with E-state index in [1.807, 2.05) is 0 Å². The van der Waals surface area contributed by atoms with E-state index in [1.54, 1.807) is 0 Å². The third-order valence-corrected chi connectivity index (χ3v) is 9.37. The summed E-state index contributed by atoms with van der Waals surface area (Å²) in [6, 6.07) is 71.3. The van der Waals surface area contributed by atoms with Gasteiger partial charge < -0.3 is 9.80 Å². The number of benzene rings is 8. The van der Waals surface area contributed by atoms with Crippen molar-refractivity contribution in [3.8, 4) is 11.1 Å². The van der Waals surface area contributed by atoms with Crippen molar-refractivity contribution in [2.75, 3.05) is 9.80 Å². The van der Waals surface area contributed by atoms with Crippen LogP contribution in [0.25, 0.3) is 34.1 Å². The van der Waals surface area contributed by atoms with Crippen LogP contribution in [0.2, 0.25) is 0 Å². The number of nitrogens with zero attached hydrogens (tertiary/aromatic N) is 2. The van der Waals surface area contributed by atoms with E-state index in [0.717, 1.165) is 39.6 Å². The monoisotopic (exact) mass is 654 g/mol. The summed E-state index contributed by atoms with van der Waals surface area (Å²) >= 11 is 0. The number of fused-ring (bicyclic) bond motifs is 1. The van der Waals surface area contributed by atoms with Gasteiger partial charge in [-0.3, -0.25) is 0 Å². The lowest BCUT2D eigenvalue weighted by atomic mass is 10.0. The van der Waals surface area contributed by atoms with Crippen molar-refractivity contribution in [3.05, 3.63) is 217 Å². The molecule has 0 saturated heterocycles. The minimum absolute atomic E-state index is 1.12. The maximum atomic E-state index is 2.35. The Bertz CT molecular complexity index is 2350. The highest BCUT2D eigenvalue weighted by Gasteiger charge is 2.15. The van der Waals surface area contributed by atoms with Crippen molar-refractivity contribution < 1.29 is 0 Å². The van der Waals surface area contributed by atoms with E-state index in [-0.39, 0.29) is 0 Å². The molecule has 8 aromatic rings. The van der Waals surface area contributed by atoms with Crippen LogP contribution in [0.5, 0.6) is 0 Å². The molecule has 2 nitrogen and oxygen atoms in total. The van der Waals surface area contributed by atoms with E-state index in [9.17, 15) is 0 Å². The highest BCUT2D eigenvalue weighted by atomic mass is 15.1. The largest absolute Gasteiger partial charge is 0.311 e. The van der Waals surface area contributed by atoms with Gasteiger partial charge in [0, 0.05) is 34.1 Å². The molecule has 8 rings (SSSR count). The van der Waals surface area contributed by atoms with Crippen LogP contribution in [0, 0.1) is 6.92 Å². The van der Waals surface area contributed by atoms with Crippen molar-refractivity contribution in [1.29, 1.82) is 0 Å². The minimum Gasteiger partial charge on any atom is -0.311 e. The summed E-state index contributed by atoms with van der Waals surface area (Å²) in [6.45, 7) is 2.17. The molecular formula is C49H38N2. The first-order chi connectivity index (χ1) is 25.2. The van der Waals surface area contributed by atoms with Crippen LogP contribution >= 0.6 is 0 Å². The highest BCUT2D eigenvalue weighted by molar-refractivity contribution is 5.90. The van der Waals surface area contributed by atoms with Crippen LogP contribution < -0.4 is 9.80 Å². The molecular weight excluding hydrogens is 617 g/mol. The van der Waals surface area contributed by atoms with Gasteiger partial charge >= 0.3 is 0 Å². The average molecular weight is 655 g/mol. The second kappa shape index (κ2) is 14.5. The maximum Gasteiger partial charge on any atom is 0.0490 e. The fraction of sp³-hybridized carbons (Fsp3) is 0.0204. The molecule has 0 aliphatic heterocycles. The fourth-order valence-corrected chi connectivity index (χ4v) is 6.68. The third-order valence-electron chi connectivity index (χ3n) is 9.37. The number of para-hydroxylation sites is 3. The Morgan fingerprint density at radius 1 is 0.333 bits per heavy atom. The number of hydrogen-bond donors (Lipinski definition) is 0. The molecule has 0 atom stereocenters. The number of anilines is 6. The third kappa shape index (κ3) is 6.94. The van der Waals surface area contributed by atoms with Gasteiger partial charge in [0.15, 0.2) is 0 Å². The molecule has 2 heteroatoms. The Morgan fingerprint density at radius 2 is 0.765 bits per heavy atom. The summed E-state index contributed by atoms with van der Waals surface area (Å²) in [5.41, 5.74) is 12.8. The Hall–Kier alpha value is -6.64. The van der Waals surface area contributed by atoms with Crippen molar-refractivity contribution >= 4 is 57.0 Å². The molecule has 244 valence electrons. The minimum atomic E-state index is 1.12. The van der Waals surface area contributed by atoms with E-state index in [2.05, 4.69) is 229 Å². The summed E-state index contributed by atoms with van der Waals surface area (Å²) in [7, 11) is 0. The van der Waals surface area contributed by atoms with Crippen LogP contribution in [0.15, 0.2) is 200 Å². The topological polar surface area (TPSA) is 6.48 Å². The second-order valence-corrected chi connectivity index (χ2v) is 12.8. The molecule has 0 aromatic heterocycles. The first-order valence-corrected chi connectivity index (χ1v) is 17.4. The van der Waals surface area contributed by atoms with Gasteiger partial charge in [-0.15, -0.1) is 0 Å². The highest BCUT2D eigenvalue weighted by Crippen LogP contribution is 2.39. The molecule has 0 saturated carbocycles. The molecule has 0 aliphatic rings. The molecule has 0 amide bonds. The van der Waals surface area contributed by atoms with Crippen molar-refractivity contribution in [2.24, 2.45) is 0 Å². The van der Waals surface area contributed by atoms with Crippen LogP contribution in [-0.4, -0.2) is 0 Å². The predicted octanol–water partition coefficient (Wildman–Crippen LogP) is 13.9. The summed E-state index contributed by atoms with van der Waals surface area (Å²) < 4.78 is 0. The molecule has 0 aliphatic carbocycles. The number of hydrogen-bond acceptors (Lipinski definition) is 2. The molecule has 0 radical (unpaired) electrons. The van der Waals surface area contributed by atoms with Gasteiger partial charge in [-0.25, -0.2) is 0 Å². The van der Waals surface area contributed by atoms with Gasteiger partial charge in [0.05, 0.1) is 0 Å². The van der Waals surface area contributed by atoms with Crippen LogP contribution in [-0.2, 0) is 0 Å². The zero-order chi connectivity index (χ0) is 34.4. The van der Waals surface area contributed by atoms with E-state index < -0.39 is 0 Å². The van der Waals surface area contributed by atoms with E-state index in [4.69, 9.17) is 0 Å². The van der Waals surface area contributed by atoms with Crippen molar-refractivity contribution in [3.63, 3.8) is 0 Å². The normalized spacial score (nSPS) is 11.2. The van der Waals surface area contributed by atoms with Crippen molar-refractivity contribution in [2.45, 2.75) is 6.92 Å². The average Bonchev–Trinajstić information content (AvgIpc) is 3.20. The molecule has 0 N–H and O–H groups in total. The number of rotatable bonds is 9. The van der Waals surface area contributed by atoms with Gasteiger partial charge in [0.25, 0.3) is 0 Å². The van der Waals surface area contributed by atoms with Gasteiger partial charge in [-0.1, -0.05) is 146 Å². The lowest BCUT2D eigenvalue weighted by molar-refractivity contribution is 1.25. The lowest BCUT2D eigenvalue weighted by Crippen LogP contribution is -2.11. The first-order valence-electron chi connectivity index (χ1n) is 17.4. The predicted molar refractivity (Wildman–Crippen MR) is 219 cm³/mol. The van der Waals surface area contributed by atoms with Gasteiger partial charge in [-0.2, -0.15) is 0 Å². The molecule has 0 fully saturated rings. The smallest absolute Gasteiger partial charge is 0.0490 e. The van der Waals surface area contributed by atoms with Gasteiger partial charge in [0.1, 0.15) is 0 Å². The Morgan fingerprint density at radius 3 is 1.37 bits per heavy atom. The first kappa shape index (κ1) is 31.6. The zero-order valence-electron chi connectivity index (χ0n) is 28.6. The second-order valence-electron chi connectivity index (χ2n) is 12.8. The maximum absolute atomic E-state index is 2.35. The Labute approximate surface area is 300 Å². The zero-order valence-corrected chi connectivity index (χ0v) is 28.6. The molecule has 51 heavy (non-hydrogen) atoms. The standard InChI is InChI=1S/C49H38N2/c1-37-12-8-11-19-49(37)51(48-35-30-40-13-9-10-14-43(40)36-48)47-33-28-42(29-34-47)41-26-22-38(23-27-41)20-21-39-24-31-46(32-25-39)50(44-15-4-2-5-16-44)45-17-6-3-7-18-45/h2-36H,1H3. The lowest BCUT2D eigenvalue weighted by Gasteiger charge is -2.27. The summed E-state index contributed by atoms with van der Waals surface area (Å²) in [6.07, 6.45) is 4.35. The van der Waals surface area contributed by atoms with Crippen LogP contribution in [0.1, 0.15) is 16.7 Å². The summed E-state index contributed by atoms with van der Waals surface area (Å²) in [5, 5.41) is 2.47. The van der Waals surface area contributed by atoms with E-state index in [1.165, 1.54) is 33.2 Å². The number of aryl methyl sites for hydroxylation is 1. The van der Waals surface area contributed by atoms with Crippen LogP contribution in [0.4, 0.5) is 34.1 Å². The quantitative estimate of drug-likeness (QED) is 0.143. The van der Waals surface area contributed by atoms with Crippen LogP contribution in [0.3, 0.4) is 0 Å². The Kier molecular flexibility index (Phi) is 8.96. The van der Waals surface area contributed by atoms with Crippen molar-refractivity contribution in [1.82, 2.24) is 0 Å². The summed E-state index contributed by atoms with van der Waals surface area (Å²) in [4.78, 5) is 4.63. The molecule has 0 spiro atoms. The van der Waals surface area contributed by atoms with Gasteiger partial charge in [0.2, 0.25) is 0 Å². The Balaban J connectivity index is 1.00. The molecule has 0 unspecified atom stereocenters. The SMILES string of the molecule is Cc1ccccc1N(c1ccc(-c2ccc(C=Cc3ccc(N(c4ccccc4)c4ccccc4)cc3)cc2)cc1)c1ccc2ccccc2c1. The molecule has 0 heterocycles. The molecule has 8 aromatic carbocycles. The van der Waals surface area contributed by atoms with E-state index in [0.29, 0.717) is 0 Å². The molecule has 0 bridgehead atoms.